The molecule has 25 heavy (non-hydrogen) atoms. The lowest BCUT2D eigenvalue weighted by Crippen LogP contribution is -1.97. The fraction of sp³-hybridized carbons (Fsp3) is 0.200. The number of rotatable bonds is 6. The summed E-state index contributed by atoms with van der Waals surface area (Å²) in [5.41, 5.74) is 4.44. The quantitative estimate of drug-likeness (QED) is 0.411. The van der Waals surface area contributed by atoms with Gasteiger partial charge in [-0.3, -0.25) is 0 Å². The van der Waals surface area contributed by atoms with Crippen molar-refractivity contribution in [3.8, 4) is 22.7 Å². The summed E-state index contributed by atoms with van der Waals surface area (Å²) in [6, 6.07) is 15.8. The number of benzene rings is 2. The Labute approximate surface area is 147 Å². The van der Waals surface area contributed by atoms with Crippen LogP contribution in [0.15, 0.2) is 59.9 Å². The Morgan fingerprint density at radius 3 is 2.68 bits per heavy atom. The Hall–Kier alpha value is -3.08. The van der Waals surface area contributed by atoms with Crippen LogP contribution in [0.5, 0.6) is 5.75 Å². The Kier molecular flexibility index (Phi) is 5.14. The molecule has 0 saturated heterocycles. The van der Waals surface area contributed by atoms with Crippen LogP contribution in [0.3, 0.4) is 0 Å². The molecule has 0 radical (unpaired) electrons. The first-order valence-corrected chi connectivity index (χ1v) is 8.29. The molecule has 2 aromatic carbocycles. The molecule has 0 aliphatic carbocycles. The van der Waals surface area contributed by atoms with Crippen LogP contribution in [0.1, 0.15) is 24.5 Å². The number of aromatic nitrogens is 2. The summed E-state index contributed by atoms with van der Waals surface area (Å²) in [6.07, 6.45) is 4.22. The van der Waals surface area contributed by atoms with Gasteiger partial charge in [-0.2, -0.15) is 5.10 Å². The van der Waals surface area contributed by atoms with E-state index in [0.29, 0.717) is 6.61 Å². The van der Waals surface area contributed by atoms with Gasteiger partial charge in [0.2, 0.25) is 0 Å². The highest BCUT2D eigenvalue weighted by molar-refractivity contribution is 5.88. The first-order valence-electron chi connectivity index (χ1n) is 8.29. The van der Waals surface area contributed by atoms with Crippen LogP contribution in [-0.4, -0.2) is 27.8 Å². The lowest BCUT2D eigenvalue weighted by Gasteiger charge is -2.09. The number of hydrogen-bond acceptors (Lipinski definition) is 4. The van der Waals surface area contributed by atoms with Crippen molar-refractivity contribution in [3.63, 3.8) is 0 Å². The average molecular weight is 335 g/mol. The van der Waals surface area contributed by atoms with Crippen molar-refractivity contribution in [1.29, 1.82) is 0 Å². The molecule has 0 bridgehead atoms. The van der Waals surface area contributed by atoms with Crippen molar-refractivity contribution in [2.75, 3.05) is 6.61 Å². The Morgan fingerprint density at radius 2 is 2.00 bits per heavy atom. The van der Waals surface area contributed by atoms with E-state index in [0.717, 1.165) is 40.2 Å². The minimum absolute atomic E-state index is 0.700. The smallest absolute Gasteiger partial charge is 0.122 e. The summed E-state index contributed by atoms with van der Waals surface area (Å²) in [7, 11) is 0. The molecular formula is C20H21N3O2. The van der Waals surface area contributed by atoms with Crippen LogP contribution in [-0.2, 0) is 0 Å². The van der Waals surface area contributed by atoms with E-state index in [1.54, 1.807) is 4.68 Å². The average Bonchev–Trinajstić information content (AvgIpc) is 3.06. The number of para-hydroxylation sites is 1. The van der Waals surface area contributed by atoms with Gasteiger partial charge in [0.25, 0.3) is 0 Å². The monoisotopic (exact) mass is 335 g/mol. The van der Waals surface area contributed by atoms with Crippen molar-refractivity contribution >= 4 is 6.21 Å². The van der Waals surface area contributed by atoms with Gasteiger partial charge in [-0.05, 0) is 49.2 Å². The Balaban J connectivity index is 2.01. The van der Waals surface area contributed by atoms with Crippen LogP contribution in [0.4, 0.5) is 0 Å². The third-order valence-corrected chi connectivity index (χ3v) is 3.87. The van der Waals surface area contributed by atoms with Crippen LogP contribution in [0, 0.1) is 6.92 Å². The number of oxime groups is 1. The van der Waals surface area contributed by atoms with E-state index < -0.39 is 0 Å². The fourth-order valence-corrected chi connectivity index (χ4v) is 2.65. The lowest BCUT2D eigenvalue weighted by molar-refractivity contribution is 0.315. The van der Waals surface area contributed by atoms with Crippen molar-refractivity contribution < 1.29 is 9.94 Å². The van der Waals surface area contributed by atoms with E-state index >= 15 is 0 Å². The maximum Gasteiger partial charge on any atom is 0.122 e. The van der Waals surface area contributed by atoms with Gasteiger partial charge < -0.3 is 9.94 Å². The molecule has 0 atom stereocenters. The second kappa shape index (κ2) is 7.66. The molecule has 0 saturated carbocycles. The maximum absolute atomic E-state index is 8.98. The van der Waals surface area contributed by atoms with Gasteiger partial charge in [0, 0.05) is 17.3 Å². The maximum atomic E-state index is 8.98. The van der Waals surface area contributed by atoms with Crippen molar-refractivity contribution in [3.05, 3.63) is 65.9 Å². The largest absolute Gasteiger partial charge is 0.493 e. The Morgan fingerprint density at radius 1 is 1.20 bits per heavy atom. The molecular weight excluding hydrogens is 314 g/mol. The first kappa shape index (κ1) is 16.8. The van der Waals surface area contributed by atoms with Crippen molar-refractivity contribution in [2.24, 2.45) is 5.16 Å². The lowest BCUT2D eigenvalue weighted by atomic mass is 10.1. The van der Waals surface area contributed by atoms with E-state index in [9.17, 15) is 0 Å². The van der Waals surface area contributed by atoms with E-state index in [1.165, 1.54) is 6.21 Å². The predicted octanol–water partition coefficient (Wildman–Crippen LogP) is 4.44. The highest BCUT2D eigenvalue weighted by atomic mass is 16.5. The van der Waals surface area contributed by atoms with Crippen LogP contribution < -0.4 is 4.74 Å². The summed E-state index contributed by atoms with van der Waals surface area (Å²) in [4.78, 5) is 0. The van der Waals surface area contributed by atoms with Gasteiger partial charge in [-0.25, -0.2) is 4.68 Å². The molecule has 0 aliphatic rings. The molecule has 0 fully saturated rings. The zero-order valence-corrected chi connectivity index (χ0v) is 14.4. The van der Waals surface area contributed by atoms with E-state index in [-0.39, 0.29) is 0 Å². The molecule has 0 spiro atoms. The van der Waals surface area contributed by atoms with Crippen LogP contribution in [0.25, 0.3) is 16.9 Å². The SMILES string of the molecule is CCCOc1ccc(-c2nn(-c3ccccc3)cc2C=NO)cc1C. The molecule has 0 aliphatic heterocycles. The normalized spacial score (nSPS) is 11.1. The fourth-order valence-electron chi connectivity index (χ4n) is 2.65. The highest BCUT2D eigenvalue weighted by Gasteiger charge is 2.12. The highest BCUT2D eigenvalue weighted by Crippen LogP contribution is 2.28. The second-order valence-corrected chi connectivity index (χ2v) is 5.79. The summed E-state index contributed by atoms with van der Waals surface area (Å²) in [5, 5.41) is 16.8. The standard InChI is InChI=1S/C20H21N3O2/c1-3-11-25-19-10-9-16(12-15(19)2)20-17(13-21-24)14-23(22-20)18-7-5-4-6-8-18/h4-10,12-14,24H,3,11H2,1-2H3. The van der Waals surface area contributed by atoms with Gasteiger partial charge in [0.1, 0.15) is 11.4 Å². The molecule has 3 rings (SSSR count). The first-order chi connectivity index (χ1) is 12.2. The minimum atomic E-state index is 0.700. The summed E-state index contributed by atoms with van der Waals surface area (Å²) in [6.45, 7) is 4.80. The van der Waals surface area contributed by atoms with Gasteiger partial charge in [-0.1, -0.05) is 30.3 Å². The zero-order valence-electron chi connectivity index (χ0n) is 14.4. The van der Waals surface area contributed by atoms with Gasteiger partial charge in [0.15, 0.2) is 0 Å². The van der Waals surface area contributed by atoms with Gasteiger partial charge >= 0.3 is 0 Å². The number of ether oxygens (including phenoxy) is 1. The van der Waals surface area contributed by atoms with Crippen molar-refractivity contribution in [2.45, 2.75) is 20.3 Å². The molecule has 128 valence electrons. The topological polar surface area (TPSA) is 59.6 Å². The summed E-state index contributed by atoms with van der Waals surface area (Å²) in [5.74, 6) is 0.880. The minimum Gasteiger partial charge on any atom is -0.493 e. The molecule has 0 unspecified atom stereocenters. The molecule has 5 nitrogen and oxygen atoms in total. The third-order valence-electron chi connectivity index (χ3n) is 3.87. The Bertz CT molecular complexity index is 870. The van der Waals surface area contributed by atoms with Crippen LogP contribution in [0.2, 0.25) is 0 Å². The number of aryl methyl sites for hydroxylation is 1. The molecule has 1 aromatic heterocycles. The number of nitrogens with zero attached hydrogens (tertiary/aromatic N) is 3. The number of hydrogen-bond donors (Lipinski definition) is 1. The third kappa shape index (κ3) is 3.71. The molecule has 0 amide bonds. The molecule has 5 heteroatoms. The van der Waals surface area contributed by atoms with E-state index in [1.807, 2.05) is 61.7 Å². The van der Waals surface area contributed by atoms with Crippen molar-refractivity contribution in [1.82, 2.24) is 9.78 Å². The predicted molar refractivity (Wildman–Crippen MR) is 98.9 cm³/mol. The summed E-state index contributed by atoms with van der Waals surface area (Å²) >= 11 is 0. The second-order valence-electron chi connectivity index (χ2n) is 5.79. The van der Waals surface area contributed by atoms with Gasteiger partial charge in [-0.15, -0.1) is 0 Å². The molecule has 3 aromatic rings. The zero-order chi connectivity index (χ0) is 17.6. The van der Waals surface area contributed by atoms with E-state index in [4.69, 9.17) is 9.94 Å². The molecule has 1 N–H and O–H groups in total. The van der Waals surface area contributed by atoms with E-state index in [2.05, 4.69) is 17.2 Å². The summed E-state index contributed by atoms with van der Waals surface area (Å²) < 4.78 is 7.52. The van der Waals surface area contributed by atoms with Crippen LogP contribution >= 0.6 is 0 Å². The molecule has 1 heterocycles. The van der Waals surface area contributed by atoms with Gasteiger partial charge in [0.05, 0.1) is 18.5 Å².